The van der Waals surface area contributed by atoms with Crippen LogP contribution in [0.25, 0.3) is 10.8 Å². The zero-order chi connectivity index (χ0) is 24.8. The summed E-state index contributed by atoms with van der Waals surface area (Å²) in [6.07, 6.45) is -1.000. The van der Waals surface area contributed by atoms with Crippen molar-refractivity contribution >= 4 is 57.4 Å². The Labute approximate surface area is 208 Å². The van der Waals surface area contributed by atoms with Crippen LogP contribution in [0, 0.1) is 5.92 Å². The molecule has 0 radical (unpaired) electrons. The van der Waals surface area contributed by atoms with Crippen LogP contribution in [0.2, 0.25) is 10.0 Å². The van der Waals surface area contributed by atoms with Crippen LogP contribution in [0.3, 0.4) is 0 Å². The molecule has 2 amide bonds. The highest BCUT2D eigenvalue weighted by Gasteiger charge is 2.29. The minimum absolute atomic E-state index is 0.112. The highest BCUT2D eigenvalue weighted by molar-refractivity contribution is 6.35. The maximum atomic E-state index is 12.8. The number of carbonyl (C=O) groups excluding carboxylic acids is 3. The summed E-state index contributed by atoms with van der Waals surface area (Å²) in [6, 6.07) is 17.3. The molecule has 0 heterocycles. The first-order chi connectivity index (χ1) is 16.2. The molecule has 0 spiro atoms. The third kappa shape index (κ3) is 6.49. The Kier molecular flexibility index (Phi) is 8.53. The molecule has 34 heavy (non-hydrogen) atoms. The number of hydrogen-bond acceptors (Lipinski definition) is 4. The Bertz CT molecular complexity index is 1210. The Morgan fingerprint density at radius 2 is 1.65 bits per heavy atom. The molecule has 0 aliphatic carbocycles. The fraction of sp³-hybridized carbons (Fsp3) is 0.269. The topological polar surface area (TPSA) is 84.5 Å². The third-order valence-electron chi connectivity index (χ3n) is 5.32. The summed E-state index contributed by atoms with van der Waals surface area (Å²) in [4.78, 5) is 38.1. The van der Waals surface area contributed by atoms with Crippen molar-refractivity contribution in [3.8, 4) is 0 Å². The van der Waals surface area contributed by atoms with Crippen LogP contribution in [0.1, 0.15) is 26.3 Å². The lowest BCUT2D eigenvalue weighted by Crippen LogP contribution is -2.47. The molecule has 0 saturated carbocycles. The number of nitrogens with one attached hydrogen (secondary N) is 2. The van der Waals surface area contributed by atoms with Crippen LogP contribution in [0.4, 0.5) is 5.69 Å². The summed E-state index contributed by atoms with van der Waals surface area (Å²) >= 11 is 12.0. The van der Waals surface area contributed by atoms with E-state index in [1.165, 1.54) is 13.0 Å². The van der Waals surface area contributed by atoms with Crippen molar-refractivity contribution in [3.63, 3.8) is 0 Å². The Balaban J connectivity index is 1.63. The van der Waals surface area contributed by atoms with Gasteiger partial charge in [0.15, 0.2) is 6.10 Å². The molecule has 178 valence electrons. The van der Waals surface area contributed by atoms with Crippen LogP contribution in [0.5, 0.6) is 0 Å². The fourth-order valence-corrected chi connectivity index (χ4v) is 3.81. The second kappa shape index (κ2) is 11.4. The van der Waals surface area contributed by atoms with Crippen LogP contribution >= 0.6 is 23.2 Å². The molecular weight excluding hydrogens is 475 g/mol. The Hall–Kier alpha value is -3.09. The minimum atomic E-state index is -1.11. The first-order valence-electron chi connectivity index (χ1n) is 10.9. The van der Waals surface area contributed by atoms with Gasteiger partial charge in [-0.05, 0) is 47.4 Å². The highest BCUT2D eigenvalue weighted by Crippen LogP contribution is 2.25. The summed E-state index contributed by atoms with van der Waals surface area (Å²) in [7, 11) is 0. The Morgan fingerprint density at radius 1 is 0.941 bits per heavy atom. The summed E-state index contributed by atoms with van der Waals surface area (Å²) in [5, 5.41) is 8.07. The van der Waals surface area contributed by atoms with Crippen molar-refractivity contribution < 1.29 is 19.1 Å². The second-order valence-corrected chi connectivity index (χ2v) is 9.14. The summed E-state index contributed by atoms with van der Waals surface area (Å²) in [6.45, 7) is 5.03. The first kappa shape index (κ1) is 25.5. The third-order valence-corrected chi connectivity index (χ3v) is 5.88. The maximum absolute atomic E-state index is 12.8. The van der Waals surface area contributed by atoms with Crippen molar-refractivity contribution in [1.29, 1.82) is 0 Å². The van der Waals surface area contributed by atoms with Gasteiger partial charge in [0.1, 0.15) is 6.04 Å². The normalized spacial score (nSPS) is 12.8. The molecule has 6 nitrogen and oxygen atoms in total. The van der Waals surface area contributed by atoms with Gasteiger partial charge in [0.25, 0.3) is 5.91 Å². The van der Waals surface area contributed by atoms with Crippen LogP contribution < -0.4 is 10.6 Å². The van der Waals surface area contributed by atoms with E-state index in [0.717, 1.165) is 16.3 Å². The van der Waals surface area contributed by atoms with E-state index in [2.05, 4.69) is 10.6 Å². The molecule has 0 fully saturated rings. The number of rotatable bonds is 8. The molecule has 8 heteroatoms. The molecule has 0 aliphatic rings. The lowest BCUT2D eigenvalue weighted by Gasteiger charge is -2.23. The van der Waals surface area contributed by atoms with E-state index in [-0.39, 0.29) is 18.2 Å². The van der Waals surface area contributed by atoms with Gasteiger partial charge in [-0.1, -0.05) is 79.5 Å². The molecule has 0 saturated heterocycles. The van der Waals surface area contributed by atoms with Gasteiger partial charge in [-0.3, -0.25) is 9.59 Å². The largest absolute Gasteiger partial charge is 0.451 e. The average molecular weight is 501 g/mol. The molecule has 3 rings (SSSR count). The number of benzene rings is 3. The maximum Gasteiger partial charge on any atom is 0.329 e. The standard InChI is InChI=1S/C26H26Cl2N2O4/c1-15(2)24(30-23(31)13-18-9-6-8-17-7-4-5-10-20(17)18)26(33)34-16(3)25(32)29-22-14-19(27)11-12-21(22)28/h4-12,14-16,24H,13H2,1-3H3,(H,29,32)(H,30,31)/t16-,24+/m0/s1. The number of carbonyl (C=O) groups is 3. The molecule has 2 N–H and O–H groups in total. The van der Waals surface area contributed by atoms with Crippen molar-refractivity contribution in [2.45, 2.75) is 39.3 Å². The molecule has 2 atom stereocenters. The van der Waals surface area contributed by atoms with Crippen LogP contribution in [0.15, 0.2) is 60.7 Å². The first-order valence-corrected chi connectivity index (χ1v) is 11.6. The molecule has 3 aromatic rings. The number of esters is 1. The molecule has 0 aromatic heterocycles. The van der Waals surface area contributed by atoms with E-state index in [1.54, 1.807) is 26.0 Å². The zero-order valence-corrected chi connectivity index (χ0v) is 20.6. The lowest BCUT2D eigenvalue weighted by molar-refractivity contribution is -0.157. The smallest absolute Gasteiger partial charge is 0.329 e. The monoisotopic (exact) mass is 500 g/mol. The highest BCUT2D eigenvalue weighted by atomic mass is 35.5. The van der Waals surface area contributed by atoms with Crippen LogP contribution in [-0.2, 0) is 25.5 Å². The second-order valence-electron chi connectivity index (χ2n) is 8.30. The number of anilines is 1. The van der Waals surface area contributed by atoms with E-state index in [1.807, 2.05) is 42.5 Å². The van der Waals surface area contributed by atoms with Gasteiger partial charge in [-0.15, -0.1) is 0 Å². The Morgan fingerprint density at radius 3 is 2.38 bits per heavy atom. The van der Waals surface area contributed by atoms with Gasteiger partial charge < -0.3 is 15.4 Å². The van der Waals surface area contributed by atoms with Gasteiger partial charge in [-0.25, -0.2) is 4.79 Å². The number of halogens is 2. The number of fused-ring (bicyclic) bond motifs is 1. The van der Waals surface area contributed by atoms with Crippen molar-refractivity contribution in [2.24, 2.45) is 5.92 Å². The zero-order valence-electron chi connectivity index (χ0n) is 19.1. The fourth-order valence-electron chi connectivity index (χ4n) is 3.47. The summed E-state index contributed by atoms with van der Waals surface area (Å²) < 4.78 is 5.36. The van der Waals surface area contributed by atoms with Crippen molar-refractivity contribution in [3.05, 3.63) is 76.3 Å². The summed E-state index contributed by atoms with van der Waals surface area (Å²) in [5.74, 6) is -1.82. The predicted molar refractivity (Wildman–Crippen MR) is 135 cm³/mol. The number of amides is 2. The SMILES string of the molecule is CC(C)[C@@H](NC(=O)Cc1cccc2ccccc12)C(=O)O[C@@H](C)C(=O)Nc1cc(Cl)ccc1Cl. The van der Waals surface area contributed by atoms with Crippen molar-refractivity contribution in [2.75, 3.05) is 5.32 Å². The van der Waals surface area contributed by atoms with E-state index >= 15 is 0 Å². The van der Waals surface area contributed by atoms with Crippen molar-refractivity contribution in [1.82, 2.24) is 5.32 Å². The van der Waals surface area contributed by atoms with Gasteiger partial charge in [-0.2, -0.15) is 0 Å². The summed E-state index contributed by atoms with van der Waals surface area (Å²) in [5.41, 5.74) is 1.17. The van der Waals surface area contributed by atoms with Gasteiger partial charge in [0.05, 0.1) is 17.1 Å². The molecule has 3 aromatic carbocycles. The predicted octanol–water partition coefficient (Wildman–Crippen LogP) is 5.40. The van der Waals surface area contributed by atoms with Crippen LogP contribution in [-0.4, -0.2) is 29.9 Å². The van der Waals surface area contributed by atoms with Gasteiger partial charge in [0, 0.05) is 5.02 Å². The number of ether oxygens (including phenoxy) is 1. The lowest BCUT2D eigenvalue weighted by atomic mass is 10.0. The number of hydrogen-bond donors (Lipinski definition) is 2. The van der Waals surface area contributed by atoms with Gasteiger partial charge in [0.2, 0.25) is 5.91 Å². The van der Waals surface area contributed by atoms with E-state index < -0.39 is 24.0 Å². The molecule has 0 aliphatic heterocycles. The molecular formula is C26H26Cl2N2O4. The van der Waals surface area contributed by atoms with E-state index in [0.29, 0.717) is 15.7 Å². The average Bonchev–Trinajstić information content (AvgIpc) is 2.79. The molecule has 0 bridgehead atoms. The van der Waals surface area contributed by atoms with E-state index in [9.17, 15) is 14.4 Å². The minimum Gasteiger partial charge on any atom is -0.451 e. The van der Waals surface area contributed by atoms with E-state index in [4.69, 9.17) is 27.9 Å². The quantitative estimate of drug-likeness (QED) is 0.405. The van der Waals surface area contributed by atoms with Gasteiger partial charge >= 0.3 is 5.97 Å². The molecule has 0 unspecified atom stereocenters.